The van der Waals surface area contributed by atoms with Gasteiger partial charge in [0.2, 0.25) is 0 Å². The summed E-state index contributed by atoms with van der Waals surface area (Å²) in [6.07, 6.45) is -18.9. The number of alkyl halides is 12. The summed E-state index contributed by atoms with van der Waals surface area (Å²) in [5, 5.41) is 24.1. The number of nitrogens with zero attached hydrogens (tertiary/aromatic N) is 4. The van der Waals surface area contributed by atoms with Gasteiger partial charge in [-0.05, 0) is 210 Å². The molecule has 12 rings (SSSR count). The molecule has 432 valence electrons. The van der Waals surface area contributed by atoms with Gasteiger partial charge in [-0.15, -0.1) is 0 Å². The molecule has 12 aromatic rings. The summed E-state index contributed by atoms with van der Waals surface area (Å²) in [5.74, 6) is 0. The van der Waals surface area contributed by atoms with E-state index in [1.165, 1.54) is 27.7 Å². The summed E-state index contributed by atoms with van der Waals surface area (Å²) in [5.41, 5.74) is 3.30. The van der Waals surface area contributed by atoms with Crippen LogP contribution in [0.1, 0.15) is 61.2 Å². The van der Waals surface area contributed by atoms with Crippen LogP contribution >= 0.6 is 0 Å². The number of rotatable bonds is 7. The standard InChI is InChI=1S/C71H44F12N4/c1-37-14-42(35-84)24-52(19-37)67-65(86-61-31-44(48-15-38(2)20-53(27-48)68(72,73)74)6-10-57(61)58-11-7-45(32-62(58)86)49-16-39(3)21-54(28-49)69(75,76)77)25-43(36-85)26-66(67)87-63-33-46(50-17-40(4)22-55(29-50)70(78,79)80)8-12-59(63)60-13-9-47(34-64(60)87)51-18-41(5)23-56(30-51)71(81,82)83/h6-34H,1-5H3. The quantitative estimate of drug-likeness (QED) is 0.149. The van der Waals surface area contributed by atoms with E-state index in [1.54, 1.807) is 143 Å². The summed E-state index contributed by atoms with van der Waals surface area (Å²) < 4.78 is 178. The first-order valence-electron chi connectivity index (χ1n) is 27.1. The molecule has 0 bridgehead atoms. The smallest absolute Gasteiger partial charge is 0.308 e. The number of fused-ring (bicyclic) bond motifs is 6. The van der Waals surface area contributed by atoms with Gasteiger partial charge in [-0.2, -0.15) is 63.2 Å². The van der Waals surface area contributed by atoms with Gasteiger partial charge in [-0.3, -0.25) is 0 Å². The van der Waals surface area contributed by atoms with Crippen molar-refractivity contribution in [3.63, 3.8) is 0 Å². The van der Waals surface area contributed by atoms with Crippen molar-refractivity contribution in [2.75, 3.05) is 0 Å². The van der Waals surface area contributed by atoms with Gasteiger partial charge < -0.3 is 9.13 Å². The first-order valence-corrected chi connectivity index (χ1v) is 27.1. The molecule has 87 heavy (non-hydrogen) atoms. The van der Waals surface area contributed by atoms with E-state index in [0.717, 1.165) is 48.5 Å². The Hall–Kier alpha value is -10.1. The van der Waals surface area contributed by atoms with E-state index in [9.17, 15) is 63.2 Å². The molecule has 0 aliphatic heterocycles. The lowest BCUT2D eigenvalue weighted by molar-refractivity contribution is -0.138. The van der Waals surface area contributed by atoms with Gasteiger partial charge in [0.25, 0.3) is 0 Å². The number of hydrogen-bond donors (Lipinski definition) is 0. The Labute approximate surface area is 489 Å². The molecule has 0 aliphatic rings. The minimum absolute atomic E-state index is 0.0190. The van der Waals surface area contributed by atoms with E-state index >= 15 is 0 Å². The van der Waals surface area contributed by atoms with Crippen molar-refractivity contribution in [1.29, 1.82) is 10.5 Å². The van der Waals surface area contributed by atoms with Crippen LogP contribution in [-0.4, -0.2) is 9.13 Å². The van der Waals surface area contributed by atoms with Crippen LogP contribution in [0.5, 0.6) is 0 Å². The zero-order valence-corrected chi connectivity index (χ0v) is 46.6. The zero-order chi connectivity index (χ0) is 62.0. The number of aryl methyl sites for hydroxylation is 5. The van der Waals surface area contributed by atoms with Crippen LogP contribution in [0.15, 0.2) is 176 Å². The van der Waals surface area contributed by atoms with Crippen LogP contribution < -0.4 is 0 Å². The summed E-state index contributed by atoms with van der Waals surface area (Å²) >= 11 is 0. The van der Waals surface area contributed by atoms with E-state index in [2.05, 4.69) is 12.1 Å². The van der Waals surface area contributed by atoms with Crippen molar-refractivity contribution >= 4 is 43.6 Å². The normalized spacial score (nSPS) is 12.4. The fourth-order valence-electron chi connectivity index (χ4n) is 12.0. The van der Waals surface area contributed by atoms with Gasteiger partial charge in [0.05, 0.1) is 79.0 Å². The van der Waals surface area contributed by atoms with E-state index in [0.29, 0.717) is 105 Å². The Morgan fingerprint density at radius 2 is 0.529 bits per heavy atom. The lowest BCUT2D eigenvalue weighted by Gasteiger charge is -2.22. The monoisotopic (exact) mass is 1180 g/mol. The van der Waals surface area contributed by atoms with Crippen molar-refractivity contribution in [2.45, 2.75) is 59.3 Å². The molecule has 0 atom stereocenters. The second kappa shape index (κ2) is 20.6. The van der Waals surface area contributed by atoms with Crippen molar-refractivity contribution in [3.8, 4) is 79.1 Å². The highest BCUT2D eigenvalue weighted by atomic mass is 19.4. The van der Waals surface area contributed by atoms with E-state index < -0.39 is 47.0 Å². The van der Waals surface area contributed by atoms with Crippen molar-refractivity contribution < 1.29 is 52.7 Å². The zero-order valence-electron chi connectivity index (χ0n) is 46.6. The minimum atomic E-state index is -4.72. The average molecular weight is 1180 g/mol. The Morgan fingerprint density at radius 1 is 0.276 bits per heavy atom. The molecule has 16 heteroatoms. The predicted molar refractivity (Wildman–Crippen MR) is 315 cm³/mol. The molecular weight excluding hydrogens is 1140 g/mol. The third-order valence-electron chi connectivity index (χ3n) is 15.7. The second-order valence-corrected chi connectivity index (χ2v) is 22.1. The Balaban J connectivity index is 1.26. The molecule has 2 heterocycles. The molecule has 0 fully saturated rings. The summed E-state index contributed by atoms with van der Waals surface area (Å²) in [4.78, 5) is 0. The molecule has 0 saturated heterocycles. The van der Waals surface area contributed by atoms with E-state index in [1.807, 2.05) is 0 Å². The highest BCUT2D eigenvalue weighted by Crippen LogP contribution is 2.47. The topological polar surface area (TPSA) is 57.4 Å². The van der Waals surface area contributed by atoms with Gasteiger partial charge in [-0.1, -0.05) is 78.9 Å². The summed E-state index contributed by atoms with van der Waals surface area (Å²) in [6, 6.07) is 47.6. The van der Waals surface area contributed by atoms with Crippen LogP contribution in [0, 0.1) is 57.3 Å². The number of benzene rings is 10. The molecule has 0 radical (unpaired) electrons. The van der Waals surface area contributed by atoms with Crippen LogP contribution in [-0.2, 0) is 24.7 Å². The van der Waals surface area contributed by atoms with Gasteiger partial charge >= 0.3 is 24.7 Å². The van der Waals surface area contributed by atoms with Crippen molar-refractivity contribution in [2.24, 2.45) is 0 Å². The third-order valence-corrected chi connectivity index (χ3v) is 15.7. The number of halogens is 12. The fraction of sp³-hybridized carbons (Fsp3) is 0.127. The van der Waals surface area contributed by atoms with Gasteiger partial charge in [0.1, 0.15) is 0 Å². The molecule has 0 amide bonds. The SMILES string of the molecule is Cc1cc(C#N)cc(-c2c(-n3c4cc(-c5cc(C)cc(C(F)(F)F)c5)ccc4c4ccc(-c5cc(C)cc(C(F)(F)F)c5)cc43)cc(C#N)cc2-n2c3cc(-c4cc(C)cc(C(F)(F)F)c4)ccc3c3ccc(-c4cc(C)cc(C(F)(F)F)c4)cc32)c1. The molecule has 0 N–H and O–H groups in total. The maximum Gasteiger partial charge on any atom is 0.416 e. The Bertz CT molecular complexity index is 4450. The predicted octanol–water partition coefficient (Wildman–Crippen LogP) is 21.6. The van der Waals surface area contributed by atoms with Crippen LogP contribution in [0.3, 0.4) is 0 Å². The molecule has 0 spiro atoms. The number of nitriles is 2. The van der Waals surface area contributed by atoms with Crippen molar-refractivity contribution in [1.82, 2.24) is 9.13 Å². The third kappa shape index (κ3) is 10.6. The largest absolute Gasteiger partial charge is 0.416 e. The maximum absolute atomic E-state index is 14.5. The van der Waals surface area contributed by atoms with Crippen molar-refractivity contribution in [3.05, 3.63) is 237 Å². The minimum Gasteiger partial charge on any atom is -0.308 e. The van der Waals surface area contributed by atoms with E-state index in [-0.39, 0.29) is 44.8 Å². The highest BCUT2D eigenvalue weighted by molar-refractivity contribution is 6.14. The molecule has 10 aromatic carbocycles. The maximum atomic E-state index is 14.5. The summed E-state index contributed by atoms with van der Waals surface area (Å²) in [6.45, 7) is 7.89. The Morgan fingerprint density at radius 3 is 0.793 bits per heavy atom. The van der Waals surface area contributed by atoms with Gasteiger partial charge in [0.15, 0.2) is 0 Å². The molecule has 2 aromatic heterocycles. The van der Waals surface area contributed by atoms with E-state index in [4.69, 9.17) is 0 Å². The molecular formula is C71H44F12N4. The summed E-state index contributed by atoms with van der Waals surface area (Å²) in [7, 11) is 0. The average Bonchev–Trinajstić information content (AvgIpc) is 1.85. The molecule has 0 saturated carbocycles. The first-order chi connectivity index (χ1) is 41.0. The fourth-order valence-corrected chi connectivity index (χ4v) is 12.0. The molecule has 0 aliphatic carbocycles. The lowest BCUT2D eigenvalue weighted by Crippen LogP contribution is -2.06. The van der Waals surface area contributed by atoms with Crippen LogP contribution in [0.2, 0.25) is 0 Å². The Kier molecular flexibility index (Phi) is 13.6. The highest BCUT2D eigenvalue weighted by Gasteiger charge is 2.35. The number of aromatic nitrogens is 2. The van der Waals surface area contributed by atoms with Crippen LogP contribution in [0.4, 0.5) is 52.7 Å². The van der Waals surface area contributed by atoms with Crippen LogP contribution in [0.25, 0.3) is 111 Å². The molecule has 4 nitrogen and oxygen atoms in total. The second-order valence-electron chi connectivity index (χ2n) is 22.1. The van der Waals surface area contributed by atoms with Gasteiger partial charge in [-0.25, -0.2) is 0 Å². The molecule has 0 unspecified atom stereocenters. The van der Waals surface area contributed by atoms with Gasteiger partial charge in [0, 0.05) is 27.1 Å². The first kappa shape index (κ1) is 57.4. The number of hydrogen-bond acceptors (Lipinski definition) is 2. The lowest BCUT2D eigenvalue weighted by atomic mass is 9.95.